The van der Waals surface area contributed by atoms with Crippen LogP contribution in [0.3, 0.4) is 0 Å². The van der Waals surface area contributed by atoms with E-state index in [1.165, 1.54) is 12.5 Å². The van der Waals surface area contributed by atoms with E-state index in [9.17, 15) is 27.6 Å². The maximum Gasteiger partial charge on any atom is 0.418 e. The Morgan fingerprint density at radius 1 is 1.00 bits per heavy atom. The number of amides is 1. The molecule has 0 saturated heterocycles. The fourth-order valence-corrected chi connectivity index (χ4v) is 5.57. The second-order valence-corrected chi connectivity index (χ2v) is 10.1. The summed E-state index contributed by atoms with van der Waals surface area (Å²) in [6.45, 7) is 0.552. The maximum absolute atomic E-state index is 13.7. The summed E-state index contributed by atoms with van der Waals surface area (Å²) in [5.41, 5.74) is 0.129. The Morgan fingerprint density at radius 3 is 2.39 bits per heavy atom. The van der Waals surface area contributed by atoms with Crippen molar-refractivity contribution in [1.29, 1.82) is 0 Å². The molecule has 1 saturated carbocycles. The van der Waals surface area contributed by atoms with Gasteiger partial charge in [-0.25, -0.2) is 0 Å². The summed E-state index contributed by atoms with van der Waals surface area (Å²) < 4.78 is 42.9. The van der Waals surface area contributed by atoms with Crippen molar-refractivity contribution < 1.29 is 22.8 Å². The van der Waals surface area contributed by atoms with Crippen LogP contribution in [0, 0.1) is 5.92 Å². The van der Waals surface area contributed by atoms with E-state index in [0.717, 1.165) is 87.6 Å². The molecule has 0 aliphatic heterocycles. The van der Waals surface area contributed by atoms with Gasteiger partial charge in [0.05, 0.1) is 11.3 Å². The quantitative estimate of drug-likeness (QED) is 0.486. The highest BCUT2D eigenvalue weighted by Crippen LogP contribution is 2.36. The molecule has 8 heteroatoms. The number of anilines is 1. The average Bonchev–Trinajstić information content (AvgIpc) is 2.82. The number of nitrogens with one attached hydrogen (secondary N) is 1. The number of alkyl halides is 3. The summed E-state index contributed by atoms with van der Waals surface area (Å²) in [6.07, 6.45) is 6.79. The normalized spacial score (nSPS) is 17.1. The van der Waals surface area contributed by atoms with Crippen LogP contribution in [0.2, 0.25) is 0 Å². The minimum atomic E-state index is -4.73. The van der Waals surface area contributed by atoms with Gasteiger partial charge in [0.2, 0.25) is 0 Å². The van der Waals surface area contributed by atoms with Crippen LogP contribution in [0.25, 0.3) is 0 Å². The molecular formula is C28H33F3N2O3. The topological polar surface area (TPSA) is 68.2 Å². The summed E-state index contributed by atoms with van der Waals surface area (Å²) in [4.78, 5) is 37.6. The highest BCUT2D eigenvalue weighted by atomic mass is 19.4. The van der Waals surface area contributed by atoms with Crippen LogP contribution in [0.5, 0.6) is 0 Å². The molecule has 2 aromatic rings. The third-order valence-electron chi connectivity index (χ3n) is 7.47. The van der Waals surface area contributed by atoms with Crippen molar-refractivity contribution in [2.75, 3.05) is 5.32 Å². The van der Waals surface area contributed by atoms with E-state index in [1.54, 1.807) is 10.6 Å². The molecule has 2 aliphatic carbocycles. The predicted molar refractivity (Wildman–Crippen MR) is 132 cm³/mol. The summed E-state index contributed by atoms with van der Waals surface area (Å²) in [5.74, 6) is -0.470. The molecule has 194 valence electrons. The van der Waals surface area contributed by atoms with E-state index in [-0.39, 0.29) is 17.5 Å². The first-order chi connectivity index (χ1) is 17.3. The van der Waals surface area contributed by atoms with Crippen molar-refractivity contribution in [2.24, 2.45) is 5.92 Å². The minimum Gasteiger partial charge on any atom is -0.321 e. The second kappa shape index (κ2) is 11.4. The van der Waals surface area contributed by atoms with Gasteiger partial charge in [-0.1, -0.05) is 38.2 Å². The SMILES string of the molecule is O=CCc1ccc(NC(=O)c2cc3c(n(CC4CCCCC4)c2=O)CCCCCC3)c(C(F)(F)F)c1. The number of benzene rings is 1. The number of aldehydes is 1. The summed E-state index contributed by atoms with van der Waals surface area (Å²) >= 11 is 0. The fraction of sp³-hybridized carbons (Fsp3) is 0.536. The maximum atomic E-state index is 13.7. The molecule has 1 aromatic heterocycles. The van der Waals surface area contributed by atoms with Crippen LogP contribution in [0.4, 0.5) is 18.9 Å². The lowest BCUT2D eigenvalue weighted by molar-refractivity contribution is -0.137. The Morgan fingerprint density at radius 2 is 1.69 bits per heavy atom. The lowest BCUT2D eigenvalue weighted by Crippen LogP contribution is -2.35. The van der Waals surface area contributed by atoms with E-state index in [0.29, 0.717) is 18.7 Å². The van der Waals surface area contributed by atoms with Gasteiger partial charge < -0.3 is 14.7 Å². The van der Waals surface area contributed by atoms with Crippen molar-refractivity contribution in [3.05, 3.63) is 62.6 Å². The van der Waals surface area contributed by atoms with Gasteiger partial charge in [-0.2, -0.15) is 13.2 Å². The van der Waals surface area contributed by atoms with Crippen molar-refractivity contribution in [2.45, 2.75) is 89.8 Å². The number of nitrogens with zero attached hydrogens (tertiary/aromatic N) is 1. The van der Waals surface area contributed by atoms with E-state index >= 15 is 0 Å². The van der Waals surface area contributed by atoms with E-state index in [2.05, 4.69) is 5.32 Å². The average molecular weight is 503 g/mol. The number of aromatic nitrogens is 1. The molecule has 1 heterocycles. The number of carbonyl (C=O) groups is 2. The Labute approximate surface area is 209 Å². The highest BCUT2D eigenvalue weighted by Gasteiger charge is 2.34. The molecule has 1 aromatic carbocycles. The third-order valence-corrected chi connectivity index (χ3v) is 7.47. The van der Waals surface area contributed by atoms with Gasteiger partial charge in [-0.15, -0.1) is 0 Å². The minimum absolute atomic E-state index is 0.116. The van der Waals surface area contributed by atoms with E-state index < -0.39 is 28.9 Å². The largest absolute Gasteiger partial charge is 0.418 e. The number of aryl methyl sites for hydroxylation is 1. The van der Waals surface area contributed by atoms with Crippen molar-refractivity contribution in [1.82, 2.24) is 4.57 Å². The number of pyridine rings is 1. The van der Waals surface area contributed by atoms with Crippen molar-refractivity contribution >= 4 is 17.9 Å². The monoisotopic (exact) mass is 502 g/mol. The number of hydrogen-bond acceptors (Lipinski definition) is 3. The standard InChI is InChI=1S/C28H33F3N2O3/c29-28(30,31)23-16-19(14-15-34)12-13-24(23)32-26(35)22-17-21-10-6-1-2-7-11-25(21)33(27(22)36)18-20-8-4-3-5-9-20/h12-13,15-17,20H,1-11,14,18H2,(H,32,35). The van der Waals surface area contributed by atoms with Crippen LogP contribution in [0.15, 0.2) is 29.1 Å². The zero-order valence-corrected chi connectivity index (χ0v) is 20.5. The lowest BCUT2D eigenvalue weighted by Gasteiger charge is -2.26. The first-order valence-electron chi connectivity index (χ1n) is 13.0. The Hall–Kier alpha value is -2.90. The first-order valence-corrected chi connectivity index (χ1v) is 13.0. The zero-order valence-electron chi connectivity index (χ0n) is 20.5. The van der Waals surface area contributed by atoms with Crippen LogP contribution in [0.1, 0.15) is 90.5 Å². The van der Waals surface area contributed by atoms with Crippen LogP contribution >= 0.6 is 0 Å². The Balaban J connectivity index is 1.72. The van der Waals surface area contributed by atoms with E-state index in [4.69, 9.17) is 0 Å². The van der Waals surface area contributed by atoms with Gasteiger partial charge in [-0.05, 0) is 73.8 Å². The number of halogens is 3. The van der Waals surface area contributed by atoms with Crippen LogP contribution in [-0.2, 0) is 36.8 Å². The Bertz CT molecular complexity index is 1160. The number of rotatable bonds is 6. The molecule has 0 radical (unpaired) electrons. The number of fused-ring (bicyclic) bond motifs is 1. The fourth-order valence-electron chi connectivity index (χ4n) is 5.57. The summed E-state index contributed by atoms with van der Waals surface area (Å²) in [5, 5.41) is 2.35. The Kier molecular flexibility index (Phi) is 8.32. The summed E-state index contributed by atoms with van der Waals surface area (Å²) in [6, 6.07) is 4.99. The van der Waals surface area contributed by atoms with Gasteiger partial charge in [0.15, 0.2) is 0 Å². The molecule has 36 heavy (non-hydrogen) atoms. The van der Waals surface area contributed by atoms with E-state index in [1.807, 2.05) is 0 Å². The first kappa shape index (κ1) is 26.2. The van der Waals surface area contributed by atoms with Gasteiger partial charge in [-0.3, -0.25) is 9.59 Å². The molecule has 1 N–H and O–H groups in total. The highest BCUT2D eigenvalue weighted by molar-refractivity contribution is 6.04. The van der Waals surface area contributed by atoms with Crippen molar-refractivity contribution in [3.63, 3.8) is 0 Å². The zero-order chi connectivity index (χ0) is 25.7. The molecule has 0 atom stereocenters. The van der Waals surface area contributed by atoms with Crippen molar-refractivity contribution in [3.8, 4) is 0 Å². The van der Waals surface area contributed by atoms with Crippen LogP contribution < -0.4 is 10.9 Å². The smallest absolute Gasteiger partial charge is 0.321 e. The summed E-state index contributed by atoms with van der Waals surface area (Å²) in [7, 11) is 0. The van der Waals surface area contributed by atoms with Gasteiger partial charge in [0.1, 0.15) is 11.8 Å². The third kappa shape index (κ3) is 6.08. The molecule has 2 aliphatic rings. The molecule has 4 rings (SSSR count). The predicted octanol–water partition coefficient (Wildman–Crippen LogP) is 6.10. The lowest BCUT2D eigenvalue weighted by atomic mass is 9.88. The number of hydrogen-bond donors (Lipinski definition) is 1. The second-order valence-electron chi connectivity index (χ2n) is 10.1. The van der Waals surface area contributed by atoms with Gasteiger partial charge >= 0.3 is 6.18 Å². The molecule has 5 nitrogen and oxygen atoms in total. The van der Waals surface area contributed by atoms with Gasteiger partial charge in [0, 0.05) is 18.7 Å². The number of carbonyl (C=O) groups excluding carboxylic acids is 2. The molecule has 1 fully saturated rings. The molecule has 0 spiro atoms. The van der Waals surface area contributed by atoms with Crippen LogP contribution in [-0.4, -0.2) is 16.8 Å². The molecule has 0 unspecified atom stereocenters. The van der Waals surface area contributed by atoms with Gasteiger partial charge in [0.25, 0.3) is 11.5 Å². The molecular weight excluding hydrogens is 469 g/mol. The molecule has 0 bridgehead atoms. The molecule has 1 amide bonds.